The molecule has 7 nitrogen and oxygen atoms in total. The van der Waals surface area contributed by atoms with Crippen molar-refractivity contribution in [2.24, 2.45) is 0 Å². The van der Waals surface area contributed by atoms with Crippen molar-refractivity contribution in [1.29, 1.82) is 5.26 Å². The second-order valence-corrected chi connectivity index (χ2v) is 7.00. The van der Waals surface area contributed by atoms with Gasteiger partial charge < -0.3 is 19.2 Å². The van der Waals surface area contributed by atoms with Gasteiger partial charge in [0, 0.05) is 5.69 Å². The predicted molar refractivity (Wildman–Crippen MR) is 126 cm³/mol. The molecule has 0 radical (unpaired) electrons. The molecule has 4 rings (SSSR count). The van der Waals surface area contributed by atoms with E-state index in [4.69, 9.17) is 13.9 Å². The molecule has 1 amide bonds. The fourth-order valence-electron chi connectivity index (χ4n) is 3.16. The average Bonchev–Trinajstić information content (AvgIpc) is 3.27. The lowest BCUT2D eigenvalue weighted by Gasteiger charge is -2.13. The van der Waals surface area contributed by atoms with Crippen molar-refractivity contribution in [3.05, 3.63) is 84.3 Å². The second kappa shape index (κ2) is 10.2. The number of aromatic nitrogens is 1. The summed E-state index contributed by atoms with van der Waals surface area (Å²) in [5.41, 5.74) is 2.98. The Kier molecular flexibility index (Phi) is 6.67. The van der Waals surface area contributed by atoms with Gasteiger partial charge in [-0.05, 0) is 55.0 Å². The number of carbonyl (C=O) groups excluding carboxylic acids is 1. The van der Waals surface area contributed by atoms with Crippen LogP contribution in [0.15, 0.2) is 77.2 Å². The molecule has 0 unspecified atom stereocenters. The largest absolute Gasteiger partial charge is 0.490 e. The molecule has 164 valence electrons. The number of ether oxygens (including phenoxy) is 2. The molecule has 7 heteroatoms. The number of para-hydroxylation sites is 3. The summed E-state index contributed by atoms with van der Waals surface area (Å²) < 4.78 is 17.1. The lowest BCUT2D eigenvalue weighted by molar-refractivity contribution is -0.118. The first-order chi connectivity index (χ1) is 16.2. The minimum absolute atomic E-state index is 0.170. The highest BCUT2D eigenvalue weighted by atomic mass is 16.5. The van der Waals surface area contributed by atoms with Crippen LogP contribution in [0, 0.1) is 11.3 Å². The third kappa shape index (κ3) is 5.38. The molecule has 0 atom stereocenters. The van der Waals surface area contributed by atoms with Crippen molar-refractivity contribution >= 4 is 34.3 Å². The predicted octanol–water partition coefficient (Wildman–Crippen LogP) is 5.31. The second-order valence-electron chi connectivity index (χ2n) is 7.00. The third-order valence-electron chi connectivity index (χ3n) is 4.64. The first-order valence-electron chi connectivity index (χ1n) is 10.4. The van der Waals surface area contributed by atoms with E-state index in [1.165, 1.54) is 0 Å². The molecule has 3 aromatic carbocycles. The zero-order chi connectivity index (χ0) is 23.0. The van der Waals surface area contributed by atoms with E-state index in [9.17, 15) is 10.1 Å². The van der Waals surface area contributed by atoms with E-state index in [0.717, 1.165) is 0 Å². The van der Waals surface area contributed by atoms with E-state index < -0.39 is 0 Å². The Hall–Kier alpha value is -4.57. The fourth-order valence-corrected chi connectivity index (χ4v) is 3.16. The summed E-state index contributed by atoms with van der Waals surface area (Å²) in [5, 5.41) is 12.4. The van der Waals surface area contributed by atoms with Gasteiger partial charge in [0.1, 0.15) is 17.2 Å². The smallest absolute Gasteiger partial charge is 0.262 e. The molecule has 0 saturated carbocycles. The van der Waals surface area contributed by atoms with Crippen LogP contribution in [0.1, 0.15) is 18.4 Å². The van der Waals surface area contributed by atoms with Gasteiger partial charge in [-0.3, -0.25) is 4.79 Å². The molecule has 0 aliphatic carbocycles. The highest BCUT2D eigenvalue weighted by Crippen LogP contribution is 2.30. The van der Waals surface area contributed by atoms with Crippen LogP contribution >= 0.6 is 0 Å². The Morgan fingerprint density at radius 3 is 2.61 bits per heavy atom. The summed E-state index contributed by atoms with van der Waals surface area (Å²) in [4.78, 5) is 16.6. The molecule has 1 heterocycles. The van der Waals surface area contributed by atoms with Gasteiger partial charge in [0.2, 0.25) is 5.89 Å². The first kappa shape index (κ1) is 21.7. The van der Waals surface area contributed by atoms with E-state index >= 15 is 0 Å². The summed E-state index contributed by atoms with van der Waals surface area (Å²) in [5.74, 6) is 0.858. The van der Waals surface area contributed by atoms with Crippen LogP contribution in [-0.4, -0.2) is 24.1 Å². The molecule has 1 N–H and O–H groups in total. The Labute approximate surface area is 190 Å². The number of fused-ring (bicyclic) bond motifs is 1. The fraction of sp³-hybridized carbons (Fsp3) is 0.115. The Balaban J connectivity index is 1.52. The maximum absolute atomic E-state index is 12.2. The number of benzene rings is 3. The number of nitriles is 1. The Morgan fingerprint density at radius 2 is 1.85 bits per heavy atom. The molecule has 1 aromatic heterocycles. The van der Waals surface area contributed by atoms with Gasteiger partial charge >= 0.3 is 0 Å². The zero-order valence-corrected chi connectivity index (χ0v) is 17.9. The van der Waals surface area contributed by atoms with Crippen molar-refractivity contribution < 1.29 is 18.7 Å². The number of nitrogens with zero attached hydrogens (tertiary/aromatic N) is 2. The number of hydrogen-bond acceptors (Lipinski definition) is 6. The van der Waals surface area contributed by atoms with Crippen LogP contribution in [0.3, 0.4) is 0 Å². The maximum atomic E-state index is 12.2. The van der Waals surface area contributed by atoms with E-state index in [0.29, 0.717) is 40.5 Å². The number of amides is 1. The van der Waals surface area contributed by atoms with Crippen LogP contribution in [0.5, 0.6) is 11.5 Å². The van der Waals surface area contributed by atoms with Gasteiger partial charge in [0.25, 0.3) is 5.91 Å². The van der Waals surface area contributed by atoms with Crippen molar-refractivity contribution in [1.82, 2.24) is 4.98 Å². The monoisotopic (exact) mass is 439 g/mol. The number of nitrogens with one attached hydrogen (secondary N) is 1. The van der Waals surface area contributed by atoms with Crippen molar-refractivity contribution in [3.8, 4) is 17.6 Å². The third-order valence-corrected chi connectivity index (χ3v) is 4.64. The molecule has 33 heavy (non-hydrogen) atoms. The minimum Gasteiger partial charge on any atom is -0.490 e. The van der Waals surface area contributed by atoms with Crippen LogP contribution in [-0.2, 0) is 4.79 Å². The quantitative estimate of drug-likeness (QED) is 0.374. The number of anilines is 1. The number of allylic oxidation sites excluding steroid dienone is 1. The van der Waals surface area contributed by atoms with Gasteiger partial charge in [0.15, 0.2) is 23.7 Å². The highest BCUT2D eigenvalue weighted by Gasteiger charge is 2.13. The molecule has 0 aliphatic rings. The van der Waals surface area contributed by atoms with E-state index in [2.05, 4.69) is 16.4 Å². The highest BCUT2D eigenvalue weighted by molar-refractivity contribution is 5.92. The van der Waals surface area contributed by atoms with Gasteiger partial charge in [0.05, 0.1) is 6.61 Å². The number of rotatable bonds is 8. The van der Waals surface area contributed by atoms with Gasteiger partial charge in [-0.25, -0.2) is 4.98 Å². The number of hydrogen-bond donors (Lipinski definition) is 1. The lowest BCUT2D eigenvalue weighted by Crippen LogP contribution is -2.20. The Bertz CT molecular complexity index is 1300. The summed E-state index contributed by atoms with van der Waals surface area (Å²) in [6.45, 7) is 2.10. The van der Waals surface area contributed by atoms with Crippen molar-refractivity contribution in [2.75, 3.05) is 18.5 Å². The van der Waals surface area contributed by atoms with E-state index in [1.54, 1.807) is 42.5 Å². The Morgan fingerprint density at radius 1 is 1.06 bits per heavy atom. The van der Waals surface area contributed by atoms with E-state index in [-0.39, 0.29) is 24.0 Å². The molecule has 0 aliphatic heterocycles. The maximum Gasteiger partial charge on any atom is 0.262 e. The van der Waals surface area contributed by atoms with Gasteiger partial charge in [-0.2, -0.15) is 5.26 Å². The van der Waals surface area contributed by atoms with Crippen LogP contribution in [0.4, 0.5) is 5.69 Å². The molecule has 0 fully saturated rings. The topological polar surface area (TPSA) is 97.4 Å². The first-order valence-corrected chi connectivity index (χ1v) is 10.4. The van der Waals surface area contributed by atoms with E-state index in [1.807, 2.05) is 43.3 Å². The molecular formula is C26H21N3O4. The zero-order valence-electron chi connectivity index (χ0n) is 17.9. The molecule has 0 saturated heterocycles. The molecule has 0 spiro atoms. The summed E-state index contributed by atoms with van der Waals surface area (Å²) in [7, 11) is 0. The van der Waals surface area contributed by atoms with Crippen LogP contribution in [0.2, 0.25) is 0 Å². The van der Waals surface area contributed by atoms with Crippen molar-refractivity contribution in [3.63, 3.8) is 0 Å². The van der Waals surface area contributed by atoms with Crippen LogP contribution < -0.4 is 14.8 Å². The van der Waals surface area contributed by atoms with Crippen molar-refractivity contribution in [2.45, 2.75) is 6.92 Å². The number of oxazole rings is 1. The van der Waals surface area contributed by atoms with Gasteiger partial charge in [-0.1, -0.05) is 36.4 Å². The molecule has 4 aromatic rings. The molecular weight excluding hydrogens is 418 g/mol. The van der Waals surface area contributed by atoms with Crippen LogP contribution in [0.25, 0.3) is 22.7 Å². The number of carbonyl (C=O) groups is 1. The summed E-state index contributed by atoms with van der Waals surface area (Å²) >= 11 is 0. The SMILES string of the molecule is CCOc1cc(/C=C(\C#N)c2nc3ccccc3o2)ccc1OCC(=O)Nc1ccccc1. The van der Waals surface area contributed by atoms with Gasteiger partial charge in [-0.15, -0.1) is 0 Å². The minimum atomic E-state index is -0.282. The standard InChI is InChI=1S/C26H21N3O4/c1-2-31-24-15-18(14-19(16-27)26-29-21-10-6-7-11-22(21)33-26)12-13-23(24)32-17-25(30)28-20-8-4-3-5-9-20/h3-15H,2,17H2,1H3,(H,28,30)/b19-14+. The normalized spacial score (nSPS) is 11.1. The summed E-state index contributed by atoms with van der Waals surface area (Å²) in [6, 6.07) is 23.8. The molecule has 0 bridgehead atoms. The average molecular weight is 439 g/mol. The lowest BCUT2D eigenvalue weighted by atomic mass is 10.1. The summed E-state index contributed by atoms with van der Waals surface area (Å²) in [6.07, 6.45) is 1.67.